The SMILES string of the molecule is COc1cc(OC)c(/C=C2\C(=O)NC(=S)N(c3cccc(Cl)c3C)C2=O)cc1Br. The summed E-state index contributed by atoms with van der Waals surface area (Å²) in [6.45, 7) is 1.77. The molecule has 1 saturated heterocycles. The maximum atomic E-state index is 13.2. The summed E-state index contributed by atoms with van der Waals surface area (Å²) in [6.07, 6.45) is 1.45. The van der Waals surface area contributed by atoms with E-state index in [0.29, 0.717) is 37.8 Å². The van der Waals surface area contributed by atoms with Crippen LogP contribution in [0.25, 0.3) is 6.08 Å². The van der Waals surface area contributed by atoms with Crippen LogP contribution in [0.1, 0.15) is 11.1 Å². The number of benzene rings is 2. The van der Waals surface area contributed by atoms with Crippen LogP contribution in [0.15, 0.2) is 40.4 Å². The van der Waals surface area contributed by atoms with E-state index in [4.69, 9.17) is 33.3 Å². The molecule has 2 aromatic rings. The van der Waals surface area contributed by atoms with Gasteiger partial charge in [0.05, 0.1) is 24.4 Å². The Labute approximate surface area is 186 Å². The third-order valence-corrected chi connectivity index (χ3v) is 5.70. The number of thiocarbonyl (C=S) groups is 1. The predicted octanol–water partition coefficient (Wildman–Crippen LogP) is 4.26. The number of halogens is 2. The second-order valence-electron chi connectivity index (χ2n) is 6.07. The van der Waals surface area contributed by atoms with Crippen LogP contribution in [0.5, 0.6) is 11.5 Å². The summed E-state index contributed by atoms with van der Waals surface area (Å²) in [7, 11) is 3.02. The molecular weight excluding hydrogens is 480 g/mol. The lowest BCUT2D eigenvalue weighted by Gasteiger charge is -2.30. The lowest BCUT2D eigenvalue weighted by atomic mass is 10.0. The largest absolute Gasteiger partial charge is 0.496 e. The van der Waals surface area contributed by atoms with Gasteiger partial charge in [-0.25, -0.2) is 0 Å². The molecule has 29 heavy (non-hydrogen) atoms. The molecule has 0 radical (unpaired) electrons. The summed E-state index contributed by atoms with van der Waals surface area (Å²) in [5.74, 6) is -0.152. The molecule has 9 heteroatoms. The van der Waals surface area contributed by atoms with Crippen LogP contribution in [-0.4, -0.2) is 31.1 Å². The van der Waals surface area contributed by atoms with Gasteiger partial charge in [0.2, 0.25) is 0 Å². The minimum atomic E-state index is -0.593. The molecule has 1 N–H and O–H groups in total. The van der Waals surface area contributed by atoms with Gasteiger partial charge in [-0.15, -0.1) is 0 Å². The highest BCUT2D eigenvalue weighted by atomic mass is 79.9. The molecule has 150 valence electrons. The average molecular weight is 496 g/mol. The van der Waals surface area contributed by atoms with Crippen molar-refractivity contribution in [3.8, 4) is 11.5 Å². The van der Waals surface area contributed by atoms with E-state index in [1.165, 1.54) is 25.2 Å². The predicted molar refractivity (Wildman–Crippen MR) is 120 cm³/mol. The number of rotatable bonds is 4. The van der Waals surface area contributed by atoms with Crippen molar-refractivity contribution in [2.45, 2.75) is 6.92 Å². The fraction of sp³-hybridized carbons (Fsp3) is 0.150. The van der Waals surface area contributed by atoms with E-state index in [9.17, 15) is 9.59 Å². The normalized spacial score (nSPS) is 15.6. The zero-order chi connectivity index (χ0) is 21.3. The molecule has 3 rings (SSSR count). The van der Waals surface area contributed by atoms with Gasteiger partial charge >= 0.3 is 0 Å². The highest BCUT2D eigenvalue weighted by Crippen LogP contribution is 2.35. The molecule has 0 atom stereocenters. The Balaban J connectivity index is 2.11. The van der Waals surface area contributed by atoms with E-state index in [0.717, 1.165) is 0 Å². The smallest absolute Gasteiger partial charge is 0.270 e. The van der Waals surface area contributed by atoms with Crippen molar-refractivity contribution in [1.82, 2.24) is 5.32 Å². The molecule has 1 aliphatic heterocycles. The van der Waals surface area contributed by atoms with Crippen LogP contribution in [0.3, 0.4) is 0 Å². The Morgan fingerprint density at radius 3 is 2.52 bits per heavy atom. The van der Waals surface area contributed by atoms with E-state index in [-0.39, 0.29) is 10.7 Å². The Morgan fingerprint density at radius 1 is 1.17 bits per heavy atom. The molecule has 0 unspecified atom stereocenters. The first kappa shape index (κ1) is 21.3. The van der Waals surface area contributed by atoms with E-state index >= 15 is 0 Å². The molecule has 0 bridgehead atoms. The minimum absolute atomic E-state index is 0.00890. The maximum Gasteiger partial charge on any atom is 0.270 e. The number of nitrogens with one attached hydrogen (secondary N) is 1. The van der Waals surface area contributed by atoms with Crippen LogP contribution in [-0.2, 0) is 9.59 Å². The Bertz CT molecular complexity index is 1070. The van der Waals surface area contributed by atoms with Crippen molar-refractivity contribution in [2.24, 2.45) is 0 Å². The number of hydrogen-bond donors (Lipinski definition) is 1. The first-order valence-corrected chi connectivity index (χ1v) is 9.94. The van der Waals surface area contributed by atoms with Gasteiger partial charge in [0, 0.05) is 16.7 Å². The van der Waals surface area contributed by atoms with Crippen molar-refractivity contribution in [1.29, 1.82) is 0 Å². The third kappa shape index (κ3) is 4.01. The Morgan fingerprint density at radius 2 is 1.86 bits per heavy atom. The topological polar surface area (TPSA) is 67.9 Å². The fourth-order valence-electron chi connectivity index (χ4n) is 2.87. The summed E-state index contributed by atoms with van der Waals surface area (Å²) in [6, 6.07) is 8.50. The van der Waals surface area contributed by atoms with Gasteiger partial charge in [0.15, 0.2) is 5.11 Å². The number of hydrogen-bond acceptors (Lipinski definition) is 5. The number of carbonyl (C=O) groups excluding carboxylic acids is 2. The molecule has 0 spiro atoms. The summed E-state index contributed by atoms with van der Waals surface area (Å²) >= 11 is 14.8. The summed E-state index contributed by atoms with van der Waals surface area (Å²) < 4.78 is 11.3. The van der Waals surface area contributed by atoms with Gasteiger partial charge in [-0.1, -0.05) is 17.7 Å². The number of nitrogens with zero attached hydrogens (tertiary/aromatic N) is 1. The lowest BCUT2D eigenvalue weighted by Crippen LogP contribution is -2.54. The number of ether oxygens (including phenoxy) is 2. The molecular formula is C20H16BrClN2O4S. The second-order valence-corrected chi connectivity index (χ2v) is 7.72. The van der Waals surface area contributed by atoms with E-state index in [1.54, 1.807) is 37.3 Å². The number of anilines is 1. The second kappa shape index (κ2) is 8.52. The van der Waals surface area contributed by atoms with Crippen LogP contribution < -0.4 is 19.7 Å². The van der Waals surface area contributed by atoms with Gasteiger partial charge in [-0.2, -0.15) is 0 Å². The number of amides is 2. The van der Waals surface area contributed by atoms with Gasteiger partial charge < -0.3 is 9.47 Å². The highest BCUT2D eigenvalue weighted by molar-refractivity contribution is 9.10. The first-order valence-electron chi connectivity index (χ1n) is 8.36. The Kier molecular flexibility index (Phi) is 6.26. The number of methoxy groups -OCH3 is 2. The standard InChI is InChI=1S/C20H16BrClN2O4S/c1-10-14(22)5-4-6-15(10)24-19(26)12(18(25)23-20(24)29)7-11-8-13(21)17(28-3)9-16(11)27-2/h4-9H,1-3H3,(H,23,25,29)/b12-7+. The van der Waals surface area contributed by atoms with Crippen molar-refractivity contribution in [2.75, 3.05) is 19.1 Å². The lowest BCUT2D eigenvalue weighted by molar-refractivity contribution is -0.122. The maximum absolute atomic E-state index is 13.2. The molecule has 6 nitrogen and oxygen atoms in total. The molecule has 1 fully saturated rings. The average Bonchev–Trinajstić information content (AvgIpc) is 2.68. The third-order valence-electron chi connectivity index (χ3n) is 4.39. The molecule has 2 amide bonds. The van der Waals surface area contributed by atoms with Crippen molar-refractivity contribution < 1.29 is 19.1 Å². The zero-order valence-electron chi connectivity index (χ0n) is 15.7. The molecule has 1 heterocycles. The van der Waals surface area contributed by atoms with Gasteiger partial charge in [0.1, 0.15) is 17.1 Å². The van der Waals surface area contributed by atoms with E-state index in [1.807, 2.05) is 0 Å². The monoisotopic (exact) mass is 494 g/mol. The fourth-order valence-corrected chi connectivity index (χ4v) is 3.83. The van der Waals surface area contributed by atoms with Crippen LogP contribution >= 0.6 is 39.7 Å². The van der Waals surface area contributed by atoms with E-state index in [2.05, 4.69) is 21.2 Å². The van der Waals surface area contributed by atoms with E-state index < -0.39 is 11.8 Å². The van der Waals surface area contributed by atoms with Crippen molar-refractivity contribution in [3.05, 3.63) is 56.5 Å². The zero-order valence-corrected chi connectivity index (χ0v) is 18.9. The summed E-state index contributed by atoms with van der Waals surface area (Å²) in [4.78, 5) is 27.0. The summed E-state index contributed by atoms with van der Waals surface area (Å²) in [5.41, 5.74) is 1.61. The minimum Gasteiger partial charge on any atom is -0.496 e. The van der Waals surface area contributed by atoms with Gasteiger partial charge in [0.25, 0.3) is 11.8 Å². The van der Waals surface area contributed by atoms with Crippen molar-refractivity contribution >= 4 is 68.4 Å². The van der Waals surface area contributed by atoms with Crippen molar-refractivity contribution in [3.63, 3.8) is 0 Å². The van der Waals surface area contributed by atoms with Gasteiger partial charge in [-0.3, -0.25) is 19.8 Å². The van der Waals surface area contributed by atoms with Crippen LogP contribution in [0.4, 0.5) is 5.69 Å². The molecule has 1 aliphatic rings. The molecule has 2 aromatic carbocycles. The Hall–Kier alpha value is -2.42. The quantitative estimate of drug-likeness (QED) is 0.390. The molecule has 0 saturated carbocycles. The van der Waals surface area contributed by atoms with Gasteiger partial charge in [-0.05, 0) is 64.9 Å². The van der Waals surface area contributed by atoms with Crippen LogP contribution in [0.2, 0.25) is 5.02 Å². The summed E-state index contributed by atoms with van der Waals surface area (Å²) in [5, 5.41) is 3.04. The highest BCUT2D eigenvalue weighted by Gasteiger charge is 2.35. The first-order chi connectivity index (χ1) is 13.8. The molecule has 0 aliphatic carbocycles. The molecule has 0 aromatic heterocycles. The number of carbonyl (C=O) groups is 2. The van der Waals surface area contributed by atoms with Crippen LogP contribution in [0, 0.1) is 6.92 Å².